The number of hydrogen-bond donors (Lipinski definition) is 7. The number of Topliss-reactive ketones (excluding diaryl/α,β-unsaturated/α-hetero) is 2. The molecular formula is C28H35FN4O7. The average Bonchev–Trinajstić information content (AvgIpc) is 2.82. The van der Waals surface area contributed by atoms with Crippen molar-refractivity contribution in [3.05, 3.63) is 52.2 Å². The molecule has 12 heteroatoms. The maximum Gasteiger partial charge on any atom is 0.255 e. The maximum atomic E-state index is 15.4. The summed E-state index contributed by atoms with van der Waals surface area (Å²) in [5.41, 5.74) is 0.976. The second-order valence-electron chi connectivity index (χ2n) is 11.9. The van der Waals surface area contributed by atoms with Gasteiger partial charge in [-0.2, -0.15) is 0 Å². The Morgan fingerprint density at radius 3 is 2.42 bits per heavy atom. The first-order chi connectivity index (χ1) is 18.4. The van der Waals surface area contributed by atoms with Gasteiger partial charge in [0, 0.05) is 40.9 Å². The predicted octanol–water partition coefficient (Wildman–Crippen LogP) is 1.42. The molecule has 4 rings (SSSR count). The number of amides is 1. The lowest BCUT2D eigenvalue weighted by Gasteiger charge is -2.50. The van der Waals surface area contributed by atoms with Crippen LogP contribution in [0.5, 0.6) is 5.75 Å². The Labute approximate surface area is 230 Å². The van der Waals surface area contributed by atoms with Crippen LogP contribution in [0.15, 0.2) is 35.2 Å². The standard InChI is InChI=1S/C28H35FN4O7/c1-11(10-31-27(2,3)4)32-16-9-15(29)13-7-12-8-14-20(33(5)6)23(36)19(26(30)39)25(38)28(14,40)24(37)17(12)22(35)18(13)21(16)34/h9,12,14,20,31-32,34-35,38,40H,1,7-8,10H2,2-6H3,(H2,30,39)/t12-,14-,20-,28-/m0/s1. The molecule has 1 saturated carbocycles. The zero-order valence-electron chi connectivity index (χ0n) is 23.1. The van der Waals surface area contributed by atoms with Crippen LogP contribution < -0.4 is 16.4 Å². The molecule has 40 heavy (non-hydrogen) atoms. The number of ketones is 2. The Morgan fingerprint density at radius 2 is 1.88 bits per heavy atom. The monoisotopic (exact) mass is 558 g/mol. The first kappa shape index (κ1) is 29.2. The molecule has 0 saturated heterocycles. The third-order valence-corrected chi connectivity index (χ3v) is 7.81. The largest absolute Gasteiger partial charge is 0.508 e. The highest BCUT2D eigenvalue weighted by Gasteiger charge is 2.64. The SMILES string of the molecule is C=C(CNC(C)(C)C)Nc1cc(F)c2c(c1O)C(O)=C1C(=O)[C@]3(O)C(O)=C(C(N)=O)C(=O)[C@@H](N(C)C)[C@@H]3C[C@@H]1C2. The molecule has 0 aliphatic heterocycles. The minimum atomic E-state index is -2.76. The lowest BCUT2D eigenvalue weighted by atomic mass is 9.57. The number of aromatic hydroxyl groups is 1. The molecule has 0 radical (unpaired) electrons. The summed E-state index contributed by atoms with van der Waals surface area (Å²) in [5.74, 6) is -8.68. The maximum absolute atomic E-state index is 15.4. The molecule has 0 aromatic heterocycles. The van der Waals surface area contributed by atoms with Gasteiger partial charge in [0.15, 0.2) is 11.4 Å². The Bertz CT molecular complexity index is 1410. The number of carbonyl (C=O) groups excluding carboxylic acids is 3. The number of benzene rings is 1. The molecule has 11 nitrogen and oxygen atoms in total. The molecule has 0 bridgehead atoms. The van der Waals surface area contributed by atoms with Gasteiger partial charge in [0.25, 0.3) is 5.91 Å². The van der Waals surface area contributed by atoms with Crippen molar-refractivity contribution >= 4 is 28.9 Å². The fraction of sp³-hybridized carbons (Fsp3) is 0.464. The smallest absolute Gasteiger partial charge is 0.255 e. The number of nitrogens with two attached hydrogens (primary N) is 1. The number of carbonyl (C=O) groups is 3. The molecule has 1 aromatic rings. The first-order valence-electron chi connectivity index (χ1n) is 12.8. The summed E-state index contributed by atoms with van der Waals surface area (Å²) in [4.78, 5) is 40.5. The van der Waals surface area contributed by atoms with Gasteiger partial charge in [0.2, 0.25) is 5.78 Å². The van der Waals surface area contributed by atoms with E-state index in [4.69, 9.17) is 5.73 Å². The highest BCUT2D eigenvalue weighted by molar-refractivity contribution is 6.24. The van der Waals surface area contributed by atoms with E-state index in [1.807, 2.05) is 20.8 Å². The van der Waals surface area contributed by atoms with E-state index < -0.39 is 69.6 Å². The number of fused-ring (bicyclic) bond motifs is 3. The quantitative estimate of drug-likeness (QED) is 0.199. The molecule has 3 aliphatic carbocycles. The number of halogens is 1. The highest BCUT2D eigenvalue weighted by atomic mass is 19.1. The molecule has 8 N–H and O–H groups in total. The van der Waals surface area contributed by atoms with Crippen molar-refractivity contribution in [2.45, 2.75) is 50.8 Å². The second kappa shape index (κ2) is 9.72. The van der Waals surface area contributed by atoms with Gasteiger partial charge in [-0.3, -0.25) is 19.3 Å². The van der Waals surface area contributed by atoms with E-state index in [2.05, 4.69) is 17.2 Å². The second-order valence-corrected chi connectivity index (χ2v) is 11.9. The first-order valence-corrected chi connectivity index (χ1v) is 12.8. The number of phenolic OH excluding ortho intramolecular Hbond substituents is 1. The minimum absolute atomic E-state index is 0.0490. The summed E-state index contributed by atoms with van der Waals surface area (Å²) in [5, 5.41) is 50.9. The summed E-state index contributed by atoms with van der Waals surface area (Å²) in [6.07, 6.45) is -0.262. The minimum Gasteiger partial charge on any atom is -0.508 e. The zero-order chi connectivity index (χ0) is 30.1. The van der Waals surface area contributed by atoms with Crippen molar-refractivity contribution in [3.63, 3.8) is 0 Å². The van der Waals surface area contributed by atoms with Crippen molar-refractivity contribution in [1.29, 1.82) is 0 Å². The van der Waals surface area contributed by atoms with Crippen molar-refractivity contribution in [1.82, 2.24) is 10.2 Å². The van der Waals surface area contributed by atoms with Crippen LogP contribution in [0.2, 0.25) is 0 Å². The number of likely N-dealkylation sites (N-methyl/N-ethyl adjacent to an activating group) is 1. The van der Waals surface area contributed by atoms with Crippen LogP contribution in [0.4, 0.5) is 10.1 Å². The highest BCUT2D eigenvalue weighted by Crippen LogP contribution is 2.53. The summed E-state index contributed by atoms with van der Waals surface area (Å²) < 4.78 is 15.4. The zero-order valence-corrected chi connectivity index (χ0v) is 23.1. The van der Waals surface area contributed by atoms with Gasteiger partial charge in [0.1, 0.15) is 28.7 Å². The van der Waals surface area contributed by atoms with E-state index in [1.165, 1.54) is 19.0 Å². The molecule has 1 aromatic carbocycles. The number of anilines is 1. The van der Waals surface area contributed by atoms with E-state index in [0.29, 0.717) is 5.70 Å². The van der Waals surface area contributed by atoms with E-state index in [1.54, 1.807) is 0 Å². The van der Waals surface area contributed by atoms with E-state index >= 15 is 4.39 Å². The lowest BCUT2D eigenvalue weighted by molar-refractivity contribution is -0.153. The fourth-order valence-electron chi connectivity index (χ4n) is 5.97. The fourth-order valence-corrected chi connectivity index (χ4v) is 5.97. The van der Waals surface area contributed by atoms with Gasteiger partial charge in [-0.1, -0.05) is 6.58 Å². The van der Waals surface area contributed by atoms with Crippen molar-refractivity contribution in [2.75, 3.05) is 26.0 Å². The van der Waals surface area contributed by atoms with Crippen molar-refractivity contribution in [3.8, 4) is 5.75 Å². The summed E-state index contributed by atoms with van der Waals surface area (Å²) in [6, 6.07) is -0.147. The number of rotatable bonds is 6. The third kappa shape index (κ3) is 4.45. The summed E-state index contributed by atoms with van der Waals surface area (Å²) >= 11 is 0. The number of primary amides is 1. The van der Waals surface area contributed by atoms with E-state index in [0.717, 1.165) is 6.07 Å². The van der Waals surface area contributed by atoms with Crippen molar-refractivity contribution < 1.29 is 39.2 Å². The van der Waals surface area contributed by atoms with Gasteiger partial charge >= 0.3 is 0 Å². The molecule has 4 atom stereocenters. The molecule has 1 fully saturated rings. The van der Waals surface area contributed by atoms with Crippen LogP contribution in [0.25, 0.3) is 5.76 Å². The lowest BCUT2D eigenvalue weighted by Crippen LogP contribution is -2.65. The van der Waals surface area contributed by atoms with Crippen LogP contribution in [-0.2, 0) is 20.8 Å². The molecule has 0 heterocycles. The van der Waals surface area contributed by atoms with E-state index in [9.17, 15) is 34.8 Å². The summed E-state index contributed by atoms with van der Waals surface area (Å²) in [6.45, 7) is 9.98. The summed E-state index contributed by atoms with van der Waals surface area (Å²) in [7, 11) is 3.01. The Morgan fingerprint density at radius 1 is 1.25 bits per heavy atom. The Kier molecular flexibility index (Phi) is 7.11. The van der Waals surface area contributed by atoms with E-state index in [-0.39, 0.29) is 47.3 Å². The number of nitrogens with one attached hydrogen (secondary N) is 2. The number of hydrogen-bond acceptors (Lipinski definition) is 10. The number of aliphatic hydroxyl groups is 3. The van der Waals surface area contributed by atoms with Gasteiger partial charge in [-0.15, -0.1) is 0 Å². The van der Waals surface area contributed by atoms with Gasteiger partial charge in [0.05, 0.1) is 17.3 Å². The number of phenols is 1. The van der Waals surface area contributed by atoms with Crippen LogP contribution in [0, 0.1) is 17.7 Å². The topological polar surface area (TPSA) is 185 Å². The van der Waals surface area contributed by atoms with Crippen molar-refractivity contribution in [2.24, 2.45) is 17.6 Å². The number of aliphatic hydroxyl groups excluding tert-OH is 2. The molecule has 1 amide bonds. The van der Waals surface area contributed by atoms with Gasteiger partial charge in [-0.25, -0.2) is 4.39 Å². The van der Waals surface area contributed by atoms with Crippen LogP contribution in [0.1, 0.15) is 38.3 Å². The normalized spacial score (nSPS) is 26.4. The molecule has 216 valence electrons. The molecule has 3 aliphatic rings. The van der Waals surface area contributed by atoms with Gasteiger partial charge < -0.3 is 36.8 Å². The Hall–Kier alpha value is -3.74. The van der Waals surface area contributed by atoms with Crippen LogP contribution >= 0.6 is 0 Å². The molecular weight excluding hydrogens is 523 g/mol. The average molecular weight is 559 g/mol. The number of nitrogens with zero attached hydrogens (tertiary/aromatic N) is 1. The molecule has 0 unspecified atom stereocenters. The Balaban J connectivity index is 1.84. The van der Waals surface area contributed by atoms with Gasteiger partial charge in [-0.05, 0) is 53.6 Å². The van der Waals surface area contributed by atoms with Crippen LogP contribution in [-0.4, -0.2) is 80.6 Å². The predicted molar refractivity (Wildman–Crippen MR) is 145 cm³/mol. The third-order valence-electron chi connectivity index (χ3n) is 7.81. The van der Waals surface area contributed by atoms with Crippen LogP contribution in [0.3, 0.4) is 0 Å². The molecule has 0 spiro atoms.